The van der Waals surface area contributed by atoms with E-state index >= 15 is 0 Å². The van der Waals surface area contributed by atoms with E-state index in [1.807, 2.05) is 0 Å². The molecule has 2 unspecified atom stereocenters. The van der Waals surface area contributed by atoms with E-state index in [1.54, 1.807) is 12.1 Å². The summed E-state index contributed by atoms with van der Waals surface area (Å²) in [4.78, 5) is 11.3. The highest BCUT2D eigenvalue weighted by Gasteiger charge is 2.18. The van der Waals surface area contributed by atoms with Crippen LogP contribution in [-0.4, -0.2) is 17.1 Å². The number of hydrogen-bond acceptors (Lipinski definition) is 4. The maximum Gasteiger partial charge on any atom is 0.320 e. The molecule has 0 amide bonds. The number of nitrogens with two attached hydrogens (primary N) is 2. The second kappa shape index (κ2) is 4.75. The quantitative estimate of drug-likeness (QED) is 0.730. The van der Waals surface area contributed by atoms with Crippen molar-refractivity contribution >= 4 is 28.9 Å². The summed E-state index contributed by atoms with van der Waals surface area (Å²) in [7, 11) is 0. The predicted molar refractivity (Wildman–Crippen MR) is 56.5 cm³/mol. The van der Waals surface area contributed by atoms with Crippen molar-refractivity contribution in [1.82, 2.24) is 0 Å². The molecule has 0 aliphatic rings. The number of carboxylic acids is 1. The molecular formula is C8H11ClN2O2S. The van der Waals surface area contributed by atoms with Gasteiger partial charge in [0.2, 0.25) is 0 Å². The molecular weight excluding hydrogens is 224 g/mol. The zero-order valence-electron chi connectivity index (χ0n) is 7.31. The van der Waals surface area contributed by atoms with Crippen molar-refractivity contribution < 1.29 is 9.90 Å². The highest BCUT2D eigenvalue weighted by Crippen LogP contribution is 2.27. The topological polar surface area (TPSA) is 89.3 Å². The molecule has 2 atom stereocenters. The fourth-order valence-electron chi connectivity index (χ4n) is 1.02. The lowest BCUT2D eigenvalue weighted by Gasteiger charge is -2.12. The van der Waals surface area contributed by atoms with Gasteiger partial charge >= 0.3 is 5.97 Å². The number of aliphatic carboxylic acids is 1. The molecule has 14 heavy (non-hydrogen) atoms. The van der Waals surface area contributed by atoms with Crippen molar-refractivity contribution in [2.75, 3.05) is 0 Å². The van der Waals surface area contributed by atoms with Crippen molar-refractivity contribution in [3.63, 3.8) is 0 Å². The van der Waals surface area contributed by atoms with E-state index < -0.39 is 12.0 Å². The Hall–Kier alpha value is -0.620. The Morgan fingerprint density at radius 2 is 2.21 bits per heavy atom. The van der Waals surface area contributed by atoms with Crippen LogP contribution < -0.4 is 11.5 Å². The third-order valence-electron chi connectivity index (χ3n) is 1.78. The first kappa shape index (κ1) is 11.5. The molecule has 0 spiro atoms. The summed E-state index contributed by atoms with van der Waals surface area (Å²) in [6.07, 6.45) is 0.214. The second-order valence-corrected chi connectivity index (χ2v) is 4.68. The van der Waals surface area contributed by atoms with Crippen LogP contribution in [0.25, 0.3) is 0 Å². The molecule has 0 aromatic carbocycles. The largest absolute Gasteiger partial charge is 0.480 e. The van der Waals surface area contributed by atoms with Crippen LogP contribution in [0, 0.1) is 0 Å². The first-order chi connectivity index (χ1) is 6.50. The molecule has 0 radical (unpaired) electrons. The van der Waals surface area contributed by atoms with E-state index in [1.165, 1.54) is 11.3 Å². The van der Waals surface area contributed by atoms with Crippen LogP contribution in [0.1, 0.15) is 17.3 Å². The lowest BCUT2D eigenvalue weighted by molar-refractivity contribution is -0.138. The normalized spacial score (nSPS) is 15.1. The average Bonchev–Trinajstić information content (AvgIpc) is 2.51. The van der Waals surface area contributed by atoms with E-state index in [4.69, 9.17) is 28.2 Å². The summed E-state index contributed by atoms with van der Waals surface area (Å²) in [5, 5.41) is 8.58. The molecule has 0 fully saturated rings. The highest BCUT2D eigenvalue weighted by atomic mass is 35.5. The Labute approximate surface area is 90.5 Å². The Morgan fingerprint density at radius 1 is 1.57 bits per heavy atom. The van der Waals surface area contributed by atoms with Gasteiger partial charge in [-0.25, -0.2) is 0 Å². The monoisotopic (exact) mass is 234 g/mol. The van der Waals surface area contributed by atoms with Gasteiger partial charge in [-0.05, 0) is 18.6 Å². The summed E-state index contributed by atoms with van der Waals surface area (Å²) >= 11 is 7.06. The molecule has 0 saturated carbocycles. The molecule has 4 nitrogen and oxygen atoms in total. The molecule has 1 rings (SSSR count). The Balaban J connectivity index is 2.58. The lowest BCUT2D eigenvalue weighted by Crippen LogP contribution is -2.33. The van der Waals surface area contributed by atoms with Crippen LogP contribution in [0.5, 0.6) is 0 Å². The van der Waals surface area contributed by atoms with Gasteiger partial charge < -0.3 is 16.6 Å². The number of carbonyl (C=O) groups is 1. The predicted octanol–water partition coefficient (Wildman–Crippen LogP) is 1.20. The number of rotatable bonds is 4. The maximum atomic E-state index is 10.5. The van der Waals surface area contributed by atoms with Gasteiger partial charge in [-0.2, -0.15) is 0 Å². The maximum absolute atomic E-state index is 10.5. The van der Waals surface area contributed by atoms with E-state index in [0.717, 1.165) is 4.88 Å². The highest BCUT2D eigenvalue weighted by molar-refractivity contribution is 7.16. The molecule has 6 heteroatoms. The van der Waals surface area contributed by atoms with Crippen LogP contribution in [0.3, 0.4) is 0 Å². The smallest absolute Gasteiger partial charge is 0.320 e. The molecule has 1 aromatic heterocycles. The van der Waals surface area contributed by atoms with Crippen LogP contribution in [-0.2, 0) is 4.79 Å². The SMILES string of the molecule is NC(CC(N)c1ccc(Cl)s1)C(=O)O. The van der Waals surface area contributed by atoms with Gasteiger partial charge in [-0.3, -0.25) is 4.79 Å². The molecule has 1 heterocycles. The number of halogens is 1. The summed E-state index contributed by atoms with van der Waals surface area (Å²) in [6, 6.07) is 2.23. The second-order valence-electron chi connectivity index (χ2n) is 2.93. The molecule has 0 saturated heterocycles. The molecule has 0 bridgehead atoms. The number of hydrogen-bond donors (Lipinski definition) is 3. The molecule has 1 aromatic rings. The van der Waals surface area contributed by atoms with Crippen molar-refractivity contribution in [1.29, 1.82) is 0 Å². The van der Waals surface area contributed by atoms with E-state index in [0.29, 0.717) is 4.34 Å². The third-order valence-corrected chi connectivity index (χ3v) is 3.15. The molecule has 5 N–H and O–H groups in total. The summed E-state index contributed by atoms with van der Waals surface area (Å²) in [5.74, 6) is -1.04. The van der Waals surface area contributed by atoms with Gasteiger partial charge in [-0.1, -0.05) is 11.6 Å². The Kier molecular flexibility index (Phi) is 3.88. The minimum absolute atomic E-state index is 0.214. The minimum Gasteiger partial charge on any atom is -0.480 e. The zero-order valence-corrected chi connectivity index (χ0v) is 8.89. The van der Waals surface area contributed by atoms with Gasteiger partial charge in [0.1, 0.15) is 6.04 Å². The van der Waals surface area contributed by atoms with E-state index in [-0.39, 0.29) is 12.5 Å². The summed E-state index contributed by atoms with van der Waals surface area (Å²) < 4.78 is 0.638. The first-order valence-corrected chi connectivity index (χ1v) is 5.19. The first-order valence-electron chi connectivity index (χ1n) is 4.00. The Morgan fingerprint density at radius 3 is 2.64 bits per heavy atom. The van der Waals surface area contributed by atoms with Gasteiger partial charge in [-0.15, -0.1) is 11.3 Å². The minimum atomic E-state index is -1.04. The fraction of sp³-hybridized carbons (Fsp3) is 0.375. The van der Waals surface area contributed by atoms with E-state index in [2.05, 4.69) is 0 Å². The molecule has 78 valence electrons. The zero-order chi connectivity index (χ0) is 10.7. The van der Waals surface area contributed by atoms with Gasteiger partial charge in [0, 0.05) is 10.9 Å². The Bertz CT molecular complexity index is 329. The number of carboxylic acid groups (broad SMARTS) is 1. The van der Waals surface area contributed by atoms with Crippen LogP contribution in [0.15, 0.2) is 12.1 Å². The number of thiophene rings is 1. The third kappa shape index (κ3) is 2.95. The van der Waals surface area contributed by atoms with Crippen molar-refractivity contribution in [3.8, 4) is 0 Å². The van der Waals surface area contributed by atoms with Gasteiger partial charge in [0.15, 0.2) is 0 Å². The van der Waals surface area contributed by atoms with Crippen LogP contribution in [0.4, 0.5) is 0 Å². The molecule has 0 aliphatic heterocycles. The van der Waals surface area contributed by atoms with Crippen molar-refractivity contribution in [2.24, 2.45) is 11.5 Å². The standard InChI is InChI=1S/C8H11ClN2O2S/c9-7-2-1-6(14-7)4(10)3-5(11)8(12)13/h1-2,4-5H,3,10-11H2,(H,12,13). The lowest BCUT2D eigenvalue weighted by atomic mass is 10.1. The summed E-state index contributed by atoms with van der Waals surface area (Å²) in [5.41, 5.74) is 11.1. The fourth-order valence-corrected chi connectivity index (χ4v) is 2.09. The van der Waals surface area contributed by atoms with Crippen LogP contribution >= 0.6 is 22.9 Å². The summed E-state index contributed by atoms with van der Waals surface area (Å²) in [6.45, 7) is 0. The molecule has 0 aliphatic carbocycles. The van der Waals surface area contributed by atoms with Gasteiger partial charge in [0.25, 0.3) is 0 Å². The van der Waals surface area contributed by atoms with Crippen molar-refractivity contribution in [2.45, 2.75) is 18.5 Å². The van der Waals surface area contributed by atoms with Crippen LogP contribution in [0.2, 0.25) is 4.34 Å². The van der Waals surface area contributed by atoms with Gasteiger partial charge in [0.05, 0.1) is 4.34 Å². The average molecular weight is 235 g/mol. The van der Waals surface area contributed by atoms with E-state index in [9.17, 15) is 4.79 Å². The van der Waals surface area contributed by atoms with Crippen molar-refractivity contribution in [3.05, 3.63) is 21.3 Å².